The average molecular weight is 244 g/mol. The van der Waals surface area contributed by atoms with Crippen molar-refractivity contribution >= 4 is 22.5 Å². The van der Waals surface area contributed by atoms with Crippen LogP contribution in [0, 0.1) is 6.92 Å². The first-order valence-corrected chi connectivity index (χ1v) is 5.67. The Bertz CT molecular complexity index is 688. The van der Waals surface area contributed by atoms with E-state index < -0.39 is 0 Å². The zero-order valence-electron chi connectivity index (χ0n) is 9.24. The molecule has 0 spiro atoms. The largest absolute Gasteiger partial charge is 0.278 e. The number of rotatable bonds is 1. The molecule has 1 aromatic carbocycles. The van der Waals surface area contributed by atoms with Gasteiger partial charge in [-0.1, -0.05) is 17.7 Å². The molecule has 0 aliphatic heterocycles. The number of pyridine rings is 1. The Hall–Kier alpha value is -1.87. The summed E-state index contributed by atoms with van der Waals surface area (Å²) < 4.78 is 0. The smallest absolute Gasteiger partial charge is 0.136 e. The van der Waals surface area contributed by atoms with Crippen molar-refractivity contribution in [3.63, 3.8) is 0 Å². The number of aromatic amines is 1. The van der Waals surface area contributed by atoms with E-state index in [9.17, 15) is 0 Å². The van der Waals surface area contributed by atoms with Crippen molar-refractivity contribution in [3.8, 4) is 11.1 Å². The maximum absolute atomic E-state index is 6.12. The second-order valence-corrected chi connectivity index (χ2v) is 4.38. The molecule has 3 rings (SSSR count). The minimum absolute atomic E-state index is 0.526. The summed E-state index contributed by atoms with van der Waals surface area (Å²) in [6, 6.07) is 8.11. The van der Waals surface area contributed by atoms with Crippen molar-refractivity contribution in [3.05, 3.63) is 47.4 Å². The highest BCUT2D eigenvalue weighted by atomic mass is 35.5. The van der Waals surface area contributed by atoms with Gasteiger partial charge in [0.25, 0.3) is 0 Å². The summed E-state index contributed by atoms with van der Waals surface area (Å²) in [6.45, 7) is 2.00. The lowest BCUT2D eigenvalue weighted by Gasteiger charge is -2.05. The van der Waals surface area contributed by atoms with Crippen LogP contribution in [0.5, 0.6) is 0 Å². The molecular weight excluding hydrogens is 234 g/mol. The van der Waals surface area contributed by atoms with Gasteiger partial charge >= 0.3 is 0 Å². The van der Waals surface area contributed by atoms with E-state index in [2.05, 4.69) is 21.2 Å². The van der Waals surface area contributed by atoms with E-state index in [0.717, 1.165) is 27.6 Å². The van der Waals surface area contributed by atoms with Gasteiger partial charge in [0.2, 0.25) is 0 Å². The lowest BCUT2D eigenvalue weighted by atomic mass is 10.0. The fourth-order valence-electron chi connectivity index (χ4n) is 1.87. The Balaban J connectivity index is 2.22. The summed E-state index contributed by atoms with van der Waals surface area (Å²) >= 11 is 6.12. The first kappa shape index (κ1) is 10.3. The van der Waals surface area contributed by atoms with Crippen LogP contribution in [0.4, 0.5) is 0 Å². The average Bonchev–Trinajstić information content (AvgIpc) is 2.79. The summed E-state index contributed by atoms with van der Waals surface area (Å²) in [5, 5.41) is 8.52. The maximum Gasteiger partial charge on any atom is 0.136 e. The molecule has 0 bridgehead atoms. The number of hydrogen-bond acceptors (Lipinski definition) is 2. The molecule has 0 atom stereocenters. The fraction of sp³-hybridized carbons (Fsp3) is 0.0769. The SMILES string of the molecule is Cc1cnc(Cl)c(-c2ccc3[nH]ncc3c2)c1. The number of nitrogens with one attached hydrogen (secondary N) is 1. The van der Waals surface area contributed by atoms with Crippen molar-refractivity contribution in [1.29, 1.82) is 0 Å². The summed E-state index contributed by atoms with van der Waals surface area (Å²) in [4.78, 5) is 4.16. The van der Waals surface area contributed by atoms with Gasteiger partial charge in [-0.2, -0.15) is 5.10 Å². The van der Waals surface area contributed by atoms with E-state index in [1.807, 2.05) is 25.1 Å². The Morgan fingerprint density at radius 3 is 2.94 bits per heavy atom. The zero-order valence-corrected chi connectivity index (χ0v) is 9.99. The number of aromatic nitrogens is 3. The number of H-pyrrole nitrogens is 1. The minimum Gasteiger partial charge on any atom is -0.278 e. The van der Waals surface area contributed by atoms with Crippen LogP contribution in [0.15, 0.2) is 36.7 Å². The molecule has 0 saturated heterocycles. The van der Waals surface area contributed by atoms with Crippen molar-refractivity contribution in [2.24, 2.45) is 0 Å². The van der Waals surface area contributed by atoms with Gasteiger partial charge in [-0.3, -0.25) is 5.10 Å². The Morgan fingerprint density at radius 1 is 1.18 bits per heavy atom. The van der Waals surface area contributed by atoms with Crippen LogP contribution in [-0.4, -0.2) is 15.2 Å². The van der Waals surface area contributed by atoms with E-state index >= 15 is 0 Å². The van der Waals surface area contributed by atoms with E-state index in [-0.39, 0.29) is 0 Å². The van der Waals surface area contributed by atoms with E-state index in [1.54, 1.807) is 12.4 Å². The van der Waals surface area contributed by atoms with Gasteiger partial charge in [0.05, 0.1) is 11.7 Å². The highest BCUT2D eigenvalue weighted by molar-refractivity contribution is 6.32. The highest BCUT2D eigenvalue weighted by Crippen LogP contribution is 2.28. The van der Waals surface area contributed by atoms with Crippen molar-refractivity contribution in [2.45, 2.75) is 6.92 Å². The molecule has 17 heavy (non-hydrogen) atoms. The molecule has 2 aromatic heterocycles. The summed E-state index contributed by atoms with van der Waals surface area (Å²) in [5.41, 5.74) is 4.12. The van der Waals surface area contributed by atoms with Crippen molar-refractivity contribution < 1.29 is 0 Å². The third-order valence-electron chi connectivity index (χ3n) is 2.73. The van der Waals surface area contributed by atoms with Crippen LogP contribution in [0.2, 0.25) is 5.15 Å². The second kappa shape index (κ2) is 3.86. The molecule has 0 saturated carbocycles. The van der Waals surface area contributed by atoms with Crippen LogP contribution in [-0.2, 0) is 0 Å². The molecule has 0 aliphatic rings. The molecule has 0 aliphatic carbocycles. The van der Waals surface area contributed by atoms with Gasteiger partial charge in [-0.05, 0) is 36.2 Å². The highest BCUT2D eigenvalue weighted by Gasteiger charge is 2.06. The molecule has 3 nitrogen and oxygen atoms in total. The molecular formula is C13H10ClN3. The lowest BCUT2D eigenvalue weighted by Crippen LogP contribution is -1.85. The molecule has 0 fully saturated rings. The van der Waals surface area contributed by atoms with Crippen LogP contribution in [0.25, 0.3) is 22.0 Å². The van der Waals surface area contributed by atoms with Crippen LogP contribution in [0.1, 0.15) is 5.56 Å². The summed E-state index contributed by atoms with van der Waals surface area (Å²) in [5.74, 6) is 0. The predicted octanol–water partition coefficient (Wildman–Crippen LogP) is 3.59. The Labute approximate surface area is 103 Å². The molecule has 4 heteroatoms. The fourth-order valence-corrected chi connectivity index (χ4v) is 2.08. The topological polar surface area (TPSA) is 41.6 Å². The van der Waals surface area contributed by atoms with Crippen LogP contribution in [0.3, 0.4) is 0 Å². The third-order valence-corrected chi connectivity index (χ3v) is 3.03. The first-order valence-electron chi connectivity index (χ1n) is 5.30. The molecule has 1 N–H and O–H groups in total. The molecule has 84 valence electrons. The molecule has 0 amide bonds. The van der Waals surface area contributed by atoms with Gasteiger partial charge in [0, 0.05) is 17.1 Å². The van der Waals surface area contributed by atoms with Crippen molar-refractivity contribution in [2.75, 3.05) is 0 Å². The molecule has 2 heterocycles. The van der Waals surface area contributed by atoms with Gasteiger partial charge in [0.1, 0.15) is 5.15 Å². The van der Waals surface area contributed by atoms with Crippen LogP contribution >= 0.6 is 11.6 Å². The van der Waals surface area contributed by atoms with Gasteiger partial charge in [0.15, 0.2) is 0 Å². The minimum atomic E-state index is 0.526. The zero-order chi connectivity index (χ0) is 11.8. The van der Waals surface area contributed by atoms with Gasteiger partial charge < -0.3 is 0 Å². The molecule has 3 aromatic rings. The monoisotopic (exact) mass is 243 g/mol. The Morgan fingerprint density at radius 2 is 2.06 bits per heavy atom. The normalized spacial score (nSPS) is 10.9. The van der Waals surface area contributed by atoms with Crippen molar-refractivity contribution in [1.82, 2.24) is 15.2 Å². The standard InChI is InChI=1S/C13H10ClN3/c1-8-4-11(13(14)15-6-8)9-2-3-12-10(5-9)7-16-17-12/h2-7H,1H3,(H,16,17). The molecule has 0 unspecified atom stereocenters. The first-order chi connectivity index (χ1) is 8.24. The third kappa shape index (κ3) is 1.78. The quantitative estimate of drug-likeness (QED) is 0.664. The second-order valence-electron chi connectivity index (χ2n) is 4.02. The van der Waals surface area contributed by atoms with Crippen LogP contribution < -0.4 is 0 Å². The number of halogens is 1. The van der Waals surface area contributed by atoms with E-state index in [0.29, 0.717) is 5.15 Å². The van der Waals surface area contributed by atoms with Gasteiger partial charge in [-0.25, -0.2) is 4.98 Å². The van der Waals surface area contributed by atoms with E-state index in [4.69, 9.17) is 11.6 Å². The van der Waals surface area contributed by atoms with E-state index in [1.165, 1.54) is 0 Å². The summed E-state index contributed by atoms with van der Waals surface area (Å²) in [6.07, 6.45) is 3.57. The lowest BCUT2D eigenvalue weighted by molar-refractivity contribution is 1.12. The molecule has 0 radical (unpaired) electrons. The number of aryl methyl sites for hydroxylation is 1. The predicted molar refractivity (Wildman–Crippen MR) is 69.1 cm³/mol. The number of hydrogen-bond donors (Lipinski definition) is 1. The summed E-state index contributed by atoms with van der Waals surface area (Å²) in [7, 11) is 0. The number of nitrogens with zero attached hydrogens (tertiary/aromatic N) is 2. The Kier molecular flexibility index (Phi) is 2.34. The van der Waals surface area contributed by atoms with Gasteiger partial charge in [-0.15, -0.1) is 0 Å². The number of fused-ring (bicyclic) bond motifs is 1. The number of benzene rings is 1. The maximum atomic E-state index is 6.12.